The third-order valence-corrected chi connectivity index (χ3v) is 2.87. The summed E-state index contributed by atoms with van der Waals surface area (Å²) in [5, 5.41) is 12.7. The normalized spacial score (nSPS) is 12.1. The van der Waals surface area contributed by atoms with Crippen molar-refractivity contribution in [2.75, 3.05) is 6.54 Å². The number of benzene rings is 1. The van der Waals surface area contributed by atoms with E-state index in [0.717, 1.165) is 5.56 Å². The predicted octanol–water partition coefficient (Wildman–Crippen LogP) is 3.56. The Morgan fingerprint density at radius 2 is 2.13 bits per heavy atom. The van der Waals surface area contributed by atoms with Crippen LogP contribution in [0.15, 0.2) is 18.2 Å². The first-order valence-corrected chi connectivity index (χ1v) is 5.46. The van der Waals surface area contributed by atoms with Crippen molar-refractivity contribution < 1.29 is 0 Å². The number of hydrogen-bond donors (Lipinski definition) is 1. The molecule has 0 aliphatic carbocycles. The topological polar surface area (TPSA) is 35.8 Å². The third kappa shape index (κ3) is 3.71. The molecule has 0 aliphatic heterocycles. The Labute approximate surface area is 99.8 Å². The second-order valence-corrected chi connectivity index (χ2v) is 4.07. The van der Waals surface area contributed by atoms with Crippen molar-refractivity contribution >= 4 is 23.2 Å². The minimum Gasteiger partial charge on any atom is -0.309 e. The summed E-state index contributed by atoms with van der Waals surface area (Å²) in [5.41, 5.74) is 1.07. The minimum absolute atomic E-state index is 0.174. The number of nitrogens with one attached hydrogen (secondary N) is 1. The zero-order valence-electron chi connectivity index (χ0n) is 8.43. The number of halogens is 2. The quantitative estimate of drug-likeness (QED) is 0.820. The van der Waals surface area contributed by atoms with Crippen molar-refractivity contribution in [2.45, 2.75) is 19.4 Å². The van der Waals surface area contributed by atoms with E-state index in [-0.39, 0.29) is 6.04 Å². The Morgan fingerprint density at radius 1 is 1.40 bits per heavy atom. The fraction of sp³-hybridized carbons (Fsp3) is 0.364. The molecule has 0 spiro atoms. The van der Waals surface area contributed by atoms with Gasteiger partial charge in [-0.2, -0.15) is 5.26 Å². The fourth-order valence-electron chi connectivity index (χ4n) is 1.24. The molecule has 2 nitrogen and oxygen atoms in total. The molecule has 0 amide bonds. The molecule has 0 fully saturated rings. The maximum Gasteiger partial charge on any atom is 0.0635 e. The minimum atomic E-state index is 0.174. The van der Waals surface area contributed by atoms with Crippen LogP contribution in [0, 0.1) is 11.3 Å². The van der Waals surface area contributed by atoms with Crippen molar-refractivity contribution in [2.24, 2.45) is 0 Å². The number of rotatable bonds is 4. The molecule has 1 rings (SSSR count). The highest BCUT2D eigenvalue weighted by Crippen LogP contribution is 2.25. The lowest BCUT2D eigenvalue weighted by Gasteiger charge is -2.13. The third-order valence-electron chi connectivity index (χ3n) is 2.13. The van der Waals surface area contributed by atoms with Crippen LogP contribution in [0.5, 0.6) is 0 Å². The van der Waals surface area contributed by atoms with Gasteiger partial charge < -0.3 is 5.32 Å². The Kier molecular flexibility index (Phi) is 4.90. The van der Waals surface area contributed by atoms with Gasteiger partial charge >= 0.3 is 0 Å². The lowest BCUT2D eigenvalue weighted by molar-refractivity contribution is 0.583. The molecule has 1 aromatic carbocycles. The van der Waals surface area contributed by atoms with E-state index in [2.05, 4.69) is 11.4 Å². The molecule has 1 atom stereocenters. The SMILES string of the molecule is CC(NCCC#N)c1ccc(Cl)c(Cl)c1. The average Bonchev–Trinajstić information content (AvgIpc) is 2.22. The Hall–Kier alpha value is -0.750. The van der Waals surface area contributed by atoms with E-state index in [1.165, 1.54) is 0 Å². The molecular formula is C11H12Cl2N2. The Balaban J connectivity index is 2.62. The van der Waals surface area contributed by atoms with E-state index in [9.17, 15) is 0 Å². The number of hydrogen-bond acceptors (Lipinski definition) is 2. The highest BCUT2D eigenvalue weighted by Gasteiger charge is 2.06. The highest BCUT2D eigenvalue weighted by molar-refractivity contribution is 6.42. The molecule has 80 valence electrons. The van der Waals surface area contributed by atoms with Crippen molar-refractivity contribution in [1.29, 1.82) is 5.26 Å². The van der Waals surface area contributed by atoms with Crippen LogP contribution in [-0.4, -0.2) is 6.54 Å². The molecule has 0 heterocycles. The Bertz CT molecular complexity index is 371. The summed E-state index contributed by atoms with van der Waals surface area (Å²) < 4.78 is 0. The van der Waals surface area contributed by atoms with Gasteiger partial charge in [-0.15, -0.1) is 0 Å². The first-order valence-electron chi connectivity index (χ1n) is 4.70. The largest absolute Gasteiger partial charge is 0.309 e. The van der Waals surface area contributed by atoms with Gasteiger partial charge in [0.2, 0.25) is 0 Å². The highest BCUT2D eigenvalue weighted by atomic mass is 35.5. The van der Waals surface area contributed by atoms with Gasteiger partial charge in [-0.1, -0.05) is 29.3 Å². The van der Waals surface area contributed by atoms with Crippen molar-refractivity contribution in [3.63, 3.8) is 0 Å². The summed E-state index contributed by atoms with van der Waals surface area (Å²) in [4.78, 5) is 0. The zero-order valence-corrected chi connectivity index (χ0v) is 9.94. The van der Waals surface area contributed by atoms with Gasteiger partial charge in [-0.05, 0) is 24.6 Å². The van der Waals surface area contributed by atoms with Gasteiger partial charge in [-0.3, -0.25) is 0 Å². The van der Waals surface area contributed by atoms with Crippen LogP contribution in [0.25, 0.3) is 0 Å². The zero-order chi connectivity index (χ0) is 11.3. The molecule has 1 unspecified atom stereocenters. The van der Waals surface area contributed by atoms with Crippen LogP contribution in [0.2, 0.25) is 10.0 Å². The van der Waals surface area contributed by atoms with Crippen LogP contribution in [0.3, 0.4) is 0 Å². The van der Waals surface area contributed by atoms with Crippen molar-refractivity contribution in [3.05, 3.63) is 33.8 Å². The summed E-state index contributed by atoms with van der Waals surface area (Å²) in [6, 6.07) is 7.81. The summed E-state index contributed by atoms with van der Waals surface area (Å²) in [6.45, 7) is 2.70. The van der Waals surface area contributed by atoms with E-state index in [1.807, 2.05) is 19.1 Å². The van der Waals surface area contributed by atoms with Crippen LogP contribution in [-0.2, 0) is 0 Å². The molecule has 0 aliphatic rings. The van der Waals surface area contributed by atoms with Gasteiger partial charge in [-0.25, -0.2) is 0 Å². The molecule has 4 heteroatoms. The van der Waals surface area contributed by atoms with E-state index in [0.29, 0.717) is 23.0 Å². The number of nitriles is 1. The lowest BCUT2D eigenvalue weighted by Crippen LogP contribution is -2.19. The van der Waals surface area contributed by atoms with Crippen LogP contribution in [0.1, 0.15) is 24.9 Å². The molecule has 1 N–H and O–H groups in total. The second-order valence-electron chi connectivity index (χ2n) is 3.26. The summed E-state index contributed by atoms with van der Waals surface area (Å²) in [7, 11) is 0. The van der Waals surface area contributed by atoms with Gasteiger partial charge in [0, 0.05) is 19.0 Å². The van der Waals surface area contributed by atoms with Gasteiger partial charge in [0.05, 0.1) is 16.1 Å². The van der Waals surface area contributed by atoms with Crippen molar-refractivity contribution in [1.82, 2.24) is 5.32 Å². The molecule has 0 radical (unpaired) electrons. The van der Waals surface area contributed by atoms with Gasteiger partial charge in [0.25, 0.3) is 0 Å². The summed E-state index contributed by atoms with van der Waals surface area (Å²) >= 11 is 11.7. The van der Waals surface area contributed by atoms with E-state index in [4.69, 9.17) is 28.5 Å². The van der Waals surface area contributed by atoms with E-state index < -0.39 is 0 Å². The Morgan fingerprint density at radius 3 is 2.73 bits per heavy atom. The van der Waals surface area contributed by atoms with Crippen LogP contribution < -0.4 is 5.32 Å². The average molecular weight is 243 g/mol. The monoisotopic (exact) mass is 242 g/mol. The fourth-order valence-corrected chi connectivity index (χ4v) is 1.55. The molecule has 1 aromatic rings. The van der Waals surface area contributed by atoms with Crippen LogP contribution >= 0.6 is 23.2 Å². The second kappa shape index (κ2) is 5.97. The maximum atomic E-state index is 8.40. The number of nitrogens with zero attached hydrogens (tertiary/aromatic N) is 1. The van der Waals surface area contributed by atoms with Crippen LogP contribution in [0.4, 0.5) is 0 Å². The molecule has 0 bridgehead atoms. The predicted molar refractivity (Wildman–Crippen MR) is 63.1 cm³/mol. The standard InChI is InChI=1S/C11H12Cl2N2/c1-8(15-6-2-5-14)9-3-4-10(12)11(13)7-9/h3-4,7-8,15H,2,6H2,1H3. The smallest absolute Gasteiger partial charge is 0.0635 e. The molecule has 15 heavy (non-hydrogen) atoms. The van der Waals surface area contributed by atoms with E-state index >= 15 is 0 Å². The van der Waals surface area contributed by atoms with E-state index in [1.54, 1.807) is 6.07 Å². The summed E-state index contributed by atoms with van der Waals surface area (Å²) in [5.74, 6) is 0. The molecule has 0 saturated carbocycles. The summed E-state index contributed by atoms with van der Waals surface area (Å²) in [6.07, 6.45) is 0.506. The first-order chi connectivity index (χ1) is 7.15. The maximum absolute atomic E-state index is 8.40. The van der Waals surface area contributed by atoms with Gasteiger partial charge in [0.15, 0.2) is 0 Å². The first kappa shape index (κ1) is 12.3. The van der Waals surface area contributed by atoms with Gasteiger partial charge in [0.1, 0.15) is 0 Å². The molecule has 0 saturated heterocycles. The lowest BCUT2D eigenvalue weighted by atomic mass is 10.1. The molecular weight excluding hydrogens is 231 g/mol. The molecule has 0 aromatic heterocycles. The van der Waals surface area contributed by atoms with Crippen molar-refractivity contribution in [3.8, 4) is 6.07 Å².